The summed E-state index contributed by atoms with van der Waals surface area (Å²) in [5.74, 6) is -0.0624. The van der Waals surface area contributed by atoms with E-state index in [1.807, 2.05) is 35.2 Å². The van der Waals surface area contributed by atoms with E-state index in [1.54, 1.807) is 0 Å². The van der Waals surface area contributed by atoms with Gasteiger partial charge in [0.25, 0.3) is 11.8 Å². The fourth-order valence-corrected chi connectivity index (χ4v) is 4.56. The summed E-state index contributed by atoms with van der Waals surface area (Å²) in [6.07, 6.45) is 2.92. The van der Waals surface area contributed by atoms with Gasteiger partial charge in [-0.05, 0) is 37.2 Å². The van der Waals surface area contributed by atoms with E-state index in [-0.39, 0.29) is 25.0 Å². The van der Waals surface area contributed by atoms with Gasteiger partial charge in [-0.15, -0.1) is 0 Å². The van der Waals surface area contributed by atoms with E-state index in [4.69, 9.17) is 4.74 Å². The highest BCUT2D eigenvalue weighted by Crippen LogP contribution is 2.46. The van der Waals surface area contributed by atoms with Gasteiger partial charge in [0.2, 0.25) is 0 Å². The Balaban J connectivity index is 1.47. The molecule has 2 aliphatic heterocycles. The van der Waals surface area contributed by atoms with Crippen molar-refractivity contribution >= 4 is 11.8 Å². The van der Waals surface area contributed by atoms with E-state index in [2.05, 4.69) is 0 Å². The van der Waals surface area contributed by atoms with E-state index in [9.17, 15) is 14.0 Å². The number of ether oxygens (including phenoxy) is 1. The number of likely N-dealkylation sites (tertiary alicyclic amines) is 1. The fraction of sp³-hybridized carbons (Fsp3) is 0.619. The third kappa shape index (κ3) is 2.85. The summed E-state index contributed by atoms with van der Waals surface area (Å²) in [6, 6.07) is 9.91. The molecule has 2 unspecified atom stereocenters. The van der Waals surface area contributed by atoms with Gasteiger partial charge < -0.3 is 14.5 Å². The average molecular weight is 372 g/mol. The van der Waals surface area contributed by atoms with Gasteiger partial charge in [0.1, 0.15) is 0 Å². The number of halogens is 1. The van der Waals surface area contributed by atoms with Crippen LogP contribution >= 0.6 is 0 Å². The van der Waals surface area contributed by atoms with Crippen molar-refractivity contribution in [1.29, 1.82) is 0 Å². The van der Waals surface area contributed by atoms with Crippen LogP contribution in [0.2, 0.25) is 0 Å². The minimum absolute atomic E-state index is 0.0375. The first-order valence-electron chi connectivity index (χ1n) is 9.98. The first kappa shape index (κ1) is 17.2. The van der Waals surface area contributed by atoms with E-state index in [1.165, 1.54) is 17.7 Å². The zero-order chi connectivity index (χ0) is 18.6. The lowest BCUT2D eigenvalue weighted by molar-refractivity contribution is -0.170. The van der Waals surface area contributed by atoms with E-state index >= 15 is 0 Å². The summed E-state index contributed by atoms with van der Waals surface area (Å²) in [6.45, 7) is 2.13. The molecule has 2 saturated carbocycles. The molecule has 5 nitrogen and oxygen atoms in total. The molecular formula is C21H25FN2O3. The lowest BCUT2D eigenvalue weighted by Gasteiger charge is -2.42. The van der Waals surface area contributed by atoms with Crippen molar-refractivity contribution in [2.24, 2.45) is 5.92 Å². The van der Waals surface area contributed by atoms with Gasteiger partial charge >= 0.3 is 0 Å². The Morgan fingerprint density at radius 2 is 1.96 bits per heavy atom. The fourth-order valence-electron chi connectivity index (χ4n) is 4.56. The summed E-state index contributed by atoms with van der Waals surface area (Å²) >= 11 is 0. The maximum absolute atomic E-state index is 14.4. The molecule has 0 aromatic heterocycles. The van der Waals surface area contributed by atoms with Crippen LogP contribution in [0.25, 0.3) is 0 Å². The van der Waals surface area contributed by atoms with Crippen molar-refractivity contribution in [3.05, 3.63) is 35.9 Å². The smallest absolute Gasteiger partial charge is 0.260 e. The Bertz CT molecular complexity index is 762. The second kappa shape index (κ2) is 6.03. The van der Waals surface area contributed by atoms with Gasteiger partial charge in [0.15, 0.2) is 11.3 Å². The van der Waals surface area contributed by atoms with Gasteiger partial charge in [0, 0.05) is 25.6 Å². The van der Waals surface area contributed by atoms with Crippen LogP contribution in [-0.4, -0.2) is 65.7 Å². The third-order valence-electron chi connectivity index (χ3n) is 6.50. The molecule has 144 valence electrons. The Kier molecular flexibility index (Phi) is 3.83. The molecule has 2 aliphatic carbocycles. The number of amides is 2. The number of alkyl halides is 1. The number of carbonyl (C=O) groups excluding carboxylic acids is 2. The average Bonchev–Trinajstić information content (AvgIpc) is 3.62. The molecule has 0 bridgehead atoms. The molecule has 1 aromatic carbocycles. The quantitative estimate of drug-likeness (QED) is 0.814. The first-order chi connectivity index (χ1) is 13.0. The summed E-state index contributed by atoms with van der Waals surface area (Å²) in [5, 5.41) is 0. The van der Waals surface area contributed by atoms with Gasteiger partial charge in [-0.2, -0.15) is 0 Å². The lowest BCUT2D eigenvalue weighted by atomic mass is 9.83. The molecular weight excluding hydrogens is 347 g/mol. The maximum atomic E-state index is 14.4. The Hall–Kier alpha value is -1.95. The molecule has 2 heterocycles. The van der Waals surface area contributed by atoms with Crippen LogP contribution in [0.1, 0.15) is 37.2 Å². The van der Waals surface area contributed by atoms with E-state index in [0.717, 1.165) is 12.1 Å². The van der Waals surface area contributed by atoms with Crippen LogP contribution in [-0.2, 0) is 14.3 Å². The van der Waals surface area contributed by atoms with Crippen LogP contribution in [0, 0.1) is 5.92 Å². The molecule has 5 rings (SSSR count). The van der Waals surface area contributed by atoms with Gasteiger partial charge in [-0.3, -0.25) is 9.59 Å². The van der Waals surface area contributed by atoms with Crippen LogP contribution in [0.5, 0.6) is 0 Å². The minimum atomic E-state index is -1.71. The largest absolute Gasteiger partial charge is 0.361 e. The Labute approximate surface area is 158 Å². The molecule has 6 heteroatoms. The normalized spacial score (nSPS) is 32.2. The van der Waals surface area contributed by atoms with Crippen LogP contribution < -0.4 is 0 Å². The highest BCUT2D eigenvalue weighted by Gasteiger charge is 2.61. The molecule has 2 atom stereocenters. The van der Waals surface area contributed by atoms with Crippen molar-refractivity contribution in [3.63, 3.8) is 0 Å². The van der Waals surface area contributed by atoms with Gasteiger partial charge in [-0.25, -0.2) is 4.39 Å². The van der Waals surface area contributed by atoms with Crippen molar-refractivity contribution in [2.75, 3.05) is 32.8 Å². The number of nitrogens with zero attached hydrogens (tertiary/aromatic N) is 2. The Morgan fingerprint density at radius 1 is 1.22 bits per heavy atom. The number of hydrogen-bond acceptors (Lipinski definition) is 3. The number of hydrogen-bond donors (Lipinski definition) is 0. The molecule has 0 radical (unpaired) electrons. The minimum Gasteiger partial charge on any atom is -0.361 e. The zero-order valence-corrected chi connectivity index (χ0v) is 15.4. The molecule has 1 aromatic rings. The standard InChI is InChI=1S/C21H25FN2O3/c22-20(8-9-20)18(25)23-10-11-27-21(14-23)17(16-4-2-1-3-5-16)13-24(19(21)26)12-15-6-7-15/h1-5,15,17H,6-14H2. The predicted molar refractivity (Wildman–Crippen MR) is 96.8 cm³/mol. The summed E-state index contributed by atoms with van der Waals surface area (Å²) in [4.78, 5) is 29.5. The SMILES string of the molecule is O=C(N1CCOC2(C1)C(=O)N(CC1CC1)CC2c1ccccc1)C1(F)CC1. The monoisotopic (exact) mass is 372 g/mol. The van der Waals surface area contributed by atoms with Crippen LogP contribution in [0.15, 0.2) is 30.3 Å². The number of morpholine rings is 1. The number of rotatable bonds is 4. The summed E-state index contributed by atoms with van der Waals surface area (Å²) in [5.41, 5.74) is -1.76. The topological polar surface area (TPSA) is 49.9 Å². The van der Waals surface area contributed by atoms with Crippen molar-refractivity contribution in [3.8, 4) is 0 Å². The van der Waals surface area contributed by atoms with Crippen LogP contribution in [0.3, 0.4) is 0 Å². The van der Waals surface area contributed by atoms with E-state index < -0.39 is 17.2 Å². The van der Waals surface area contributed by atoms with Gasteiger partial charge in [-0.1, -0.05) is 30.3 Å². The van der Waals surface area contributed by atoms with Crippen molar-refractivity contribution in [2.45, 2.75) is 42.9 Å². The van der Waals surface area contributed by atoms with Crippen molar-refractivity contribution in [1.82, 2.24) is 9.80 Å². The molecule has 2 saturated heterocycles. The second-order valence-corrected chi connectivity index (χ2v) is 8.55. The maximum Gasteiger partial charge on any atom is 0.260 e. The lowest BCUT2D eigenvalue weighted by Crippen LogP contribution is -2.60. The summed E-state index contributed by atoms with van der Waals surface area (Å²) in [7, 11) is 0. The predicted octanol–water partition coefficient (Wildman–Crippen LogP) is 2.12. The second-order valence-electron chi connectivity index (χ2n) is 8.55. The number of carbonyl (C=O) groups is 2. The van der Waals surface area contributed by atoms with Gasteiger partial charge in [0.05, 0.1) is 13.2 Å². The molecule has 0 N–H and O–H groups in total. The highest BCUT2D eigenvalue weighted by molar-refractivity contribution is 5.92. The van der Waals surface area contributed by atoms with E-state index in [0.29, 0.717) is 31.8 Å². The first-order valence-corrected chi connectivity index (χ1v) is 9.98. The molecule has 27 heavy (non-hydrogen) atoms. The third-order valence-corrected chi connectivity index (χ3v) is 6.50. The van der Waals surface area contributed by atoms with Crippen LogP contribution in [0.4, 0.5) is 4.39 Å². The molecule has 4 aliphatic rings. The Morgan fingerprint density at radius 3 is 2.63 bits per heavy atom. The molecule has 4 fully saturated rings. The summed E-state index contributed by atoms with van der Waals surface area (Å²) < 4.78 is 20.5. The van der Waals surface area contributed by atoms with Crippen molar-refractivity contribution < 1.29 is 18.7 Å². The zero-order valence-electron chi connectivity index (χ0n) is 15.4. The molecule has 1 spiro atoms. The number of benzene rings is 1. The highest BCUT2D eigenvalue weighted by atomic mass is 19.1. The molecule has 2 amide bonds.